The largest absolute Gasteiger partial charge is 0.419 e. The third-order valence-electron chi connectivity index (χ3n) is 5.25. The van der Waals surface area contributed by atoms with E-state index in [0.717, 1.165) is 12.8 Å². The normalized spacial score (nSPS) is 15.1. The molecular formula is C19H25N3O4. The summed E-state index contributed by atoms with van der Waals surface area (Å²) in [5.74, 6) is -0.290. The van der Waals surface area contributed by atoms with E-state index in [-0.39, 0.29) is 17.7 Å². The predicted octanol–water partition coefficient (Wildman–Crippen LogP) is 1.85. The van der Waals surface area contributed by atoms with Gasteiger partial charge < -0.3 is 14.2 Å². The van der Waals surface area contributed by atoms with Crippen LogP contribution in [0, 0.1) is 5.92 Å². The summed E-state index contributed by atoms with van der Waals surface area (Å²) in [5.41, 5.74) is 1.56. The summed E-state index contributed by atoms with van der Waals surface area (Å²) in [7, 11) is 1.63. The third-order valence-corrected chi connectivity index (χ3v) is 5.25. The van der Waals surface area contributed by atoms with Gasteiger partial charge in [-0.2, -0.15) is 0 Å². The number of piperazine rings is 1. The Kier molecular flexibility index (Phi) is 5.15. The van der Waals surface area contributed by atoms with Crippen molar-refractivity contribution in [3.63, 3.8) is 0 Å². The van der Waals surface area contributed by atoms with Crippen molar-refractivity contribution in [3.8, 4) is 0 Å². The topological polar surface area (TPSA) is 75.8 Å². The van der Waals surface area contributed by atoms with Gasteiger partial charge in [-0.05, 0) is 31.0 Å². The van der Waals surface area contributed by atoms with Gasteiger partial charge >= 0.3 is 5.76 Å². The van der Waals surface area contributed by atoms with E-state index in [4.69, 9.17) is 4.42 Å². The molecule has 140 valence electrons. The molecule has 1 fully saturated rings. The van der Waals surface area contributed by atoms with Crippen molar-refractivity contribution in [1.29, 1.82) is 0 Å². The van der Waals surface area contributed by atoms with Crippen LogP contribution in [-0.4, -0.2) is 52.4 Å². The highest BCUT2D eigenvalue weighted by atomic mass is 16.4. The number of oxazole rings is 1. The van der Waals surface area contributed by atoms with Crippen molar-refractivity contribution >= 4 is 22.9 Å². The minimum Gasteiger partial charge on any atom is -0.408 e. The first-order valence-electron chi connectivity index (χ1n) is 9.13. The Bertz CT molecular complexity index is 871. The van der Waals surface area contributed by atoms with Crippen LogP contribution in [0.1, 0.15) is 37.0 Å². The molecule has 1 aliphatic rings. The molecule has 0 atom stereocenters. The SMILES string of the molecule is CCC(CC)C(=O)N1CCN(C(=O)c2ccc3c(c2)oc(=O)n3C)CC1. The smallest absolute Gasteiger partial charge is 0.408 e. The highest BCUT2D eigenvalue weighted by molar-refractivity contribution is 5.97. The number of hydrogen-bond acceptors (Lipinski definition) is 4. The quantitative estimate of drug-likeness (QED) is 0.835. The molecule has 2 heterocycles. The lowest BCUT2D eigenvalue weighted by Crippen LogP contribution is -2.51. The Morgan fingerprint density at radius 3 is 2.31 bits per heavy atom. The van der Waals surface area contributed by atoms with Crippen molar-refractivity contribution in [1.82, 2.24) is 14.4 Å². The van der Waals surface area contributed by atoms with Gasteiger partial charge in [-0.1, -0.05) is 13.8 Å². The summed E-state index contributed by atoms with van der Waals surface area (Å²) in [6.45, 7) is 6.21. The van der Waals surface area contributed by atoms with E-state index in [0.29, 0.717) is 42.8 Å². The fourth-order valence-electron chi connectivity index (χ4n) is 3.48. The van der Waals surface area contributed by atoms with Gasteiger partial charge in [-0.3, -0.25) is 14.2 Å². The molecule has 1 aromatic heterocycles. The van der Waals surface area contributed by atoms with E-state index in [1.54, 1.807) is 30.1 Å². The minimum absolute atomic E-state index is 0.0700. The number of aromatic nitrogens is 1. The van der Waals surface area contributed by atoms with Gasteiger partial charge in [0.15, 0.2) is 5.58 Å². The molecule has 0 unspecified atom stereocenters. The van der Waals surface area contributed by atoms with Gasteiger partial charge in [0, 0.05) is 44.7 Å². The van der Waals surface area contributed by atoms with Gasteiger partial charge in [0.1, 0.15) is 0 Å². The number of benzene rings is 1. The van der Waals surface area contributed by atoms with Crippen LogP contribution in [0.4, 0.5) is 0 Å². The minimum atomic E-state index is -0.446. The van der Waals surface area contributed by atoms with Crippen LogP contribution >= 0.6 is 0 Å². The summed E-state index contributed by atoms with van der Waals surface area (Å²) in [4.78, 5) is 40.4. The molecule has 2 amide bonds. The van der Waals surface area contributed by atoms with Gasteiger partial charge in [0.05, 0.1) is 5.52 Å². The predicted molar refractivity (Wildman–Crippen MR) is 98.0 cm³/mol. The van der Waals surface area contributed by atoms with E-state index < -0.39 is 5.76 Å². The van der Waals surface area contributed by atoms with Crippen molar-refractivity contribution in [3.05, 3.63) is 34.3 Å². The maximum atomic E-state index is 12.8. The number of amides is 2. The van der Waals surface area contributed by atoms with Crippen LogP contribution in [0.2, 0.25) is 0 Å². The number of aryl methyl sites for hydroxylation is 1. The number of nitrogens with zero attached hydrogens (tertiary/aromatic N) is 3. The van der Waals surface area contributed by atoms with Gasteiger partial charge in [-0.15, -0.1) is 0 Å². The molecule has 1 saturated heterocycles. The molecule has 0 spiro atoms. The van der Waals surface area contributed by atoms with Crippen LogP contribution in [0.15, 0.2) is 27.4 Å². The molecular weight excluding hydrogens is 334 g/mol. The van der Waals surface area contributed by atoms with E-state index in [9.17, 15) is 14.4 Å². The first kappa shape index (κ1) is 18.2. The average molecular weight is 359 g/mol. The maximum absolute atomic E-state index is 12.8. The zero-order valence-electron chi connectivity index (χ0n) is 15.5. The average Bonchev–Trinajstić information content (AvgIpc) is 2.95. The van der Waals surface area contributed by atoms with E-state index >= 15 is 0 Å². The van der Waals surface area contributed by atoms with E-state index in [1.807, 2.05) is 18.7 Å². The summed E-state index contributed by atoms with van der Waals surface area (Å²) < 4.78 is 6.57. The Morgan fingerprint density at radius 1 is 1.08 bits per heavy atom. The fraction of sp³-hybridized carbons (Fsp3) is 0.526. The zero-order valence-corrected chi connectivity index (χ0v) is 15.5. The summed E-state index contributed by atoms with van der Waals surface area (Å²) in [6.07, 6.45) is 1.69. The molecule has 3 rings (SSSR count). The highest BCUT2D eigenvalue weighted by Gasteiger charge is 2.28. The van der Waals surface area contributed by atoms with Crippen LogP contribution in [0.3, 0.4) is 0 Å². The van der Waals surface area contributed by atoms with Gasteiger partial charge in [0.2, 0.25) is 5.91 Å². The molecule has 26 heavy (non-hydrogen) atoms. The van der Waals surface area contributed by atoms with Crippen LogP contribution in [0.25, 0.3) is 11.1 Å². The summed E-state index contributed by atoms with van der Waals surface area (Å²) >= 11 is 0. The molecule has 2 aromatic rings. The second-order valence-electron chi connectivity index (χ2n) is 6.74. The molecule has 0 saturated carbocycles. The van der Waals surface area contributed by atoms with Crippen molar-refractivity contribution in [2.75, 3.05) is 26.2 Å². The molecule has 1 aromatic carbocycles. The lowest BCUT2D eigenvalue weighted by Gasteiger charge is -2.36. The summed E-state index contributed by atoms with van der Waals surface area (Å²) in [5, 5.41) is 0. The van der Waals surface area contributed by atoms with Crippen LogP contribution in [0.5, 0.6) is 0 Å². The third kappa shape index (κ3) is 3.25. The van der Waals surface area contributed by atoms with Crippen LogP contribution in [-0.2, 0) is 11.8 Å². The van der Waals surface area contributed by atoms with Crippen LogP contribution < -0.4 is 5.76 Å². The first-order valence-corrected chi connectivity index (χ1v) is 9.13. The number of rotatable bonds is 4. The number of carbonyl (C=O) groups excluding carboxylic acids is 2. The lowest BCUT2D eigenvalue weighted by molar-refractivity contribution is -0.137. The van der Waals surface area contributed by atoms with Crippen molar-refractivity contribution in [2.24, 2.45) is 13.0 Å². The molecule has 7 nitrogen and oxygen atoms in total. The zero-order chi connectivity index (χ0) is 18.8. The second-order valence-corrected chi connectivity index (χ2v) is 6.74. The Labute approximate surface area is 152 Å². The van der Waals surface area contributed by atoms with E-state index in [2.05, 4.69) is 0 Å². The van der Waals surface area contributed by atoms with Crippen molar-refractivity contribution < 1.29 is 14.0 Å². The molecule has 0 radical (unpaired) electrons. The highest BCUT2D eigenvalue weighted by Crippen LogP contribution is 2.18. The molecule has 7 heteroatoms. The van der Waals surface area contributed by atoms with Gasteiger partial charge in [-0.25, -0.2) is 4.79 Å². The Balaban J connectivity index is 1.69. The van der Waals surface area contributed by atoms with E-state index in [1.165, 1.54) is 4.57 Å². The fourth-order valence-corrected chi connectivity index (χ4v) is 3.48. The summed E-state index contributed by atoms with van der Waals surface area (Å²) in [6, 6.07) is 5.04. The standard InChI is InChI=1S/C19H25N3O4/c1-4-13(5-2)17(23)21-8-10-22(11-9-21)18(24)14-6-7-15-16(12-14)26-19(25)20(15)3/h6-7,12-13H,4-5,8-11H2,1-3H3. The number of carbonyl (C=O) groups is 2. The second kappa shape index (κ2) is 7.35. The molecule has 0 aliphatic carbocycles. The maximum Gasteiger partial charge on any atom is 0.419 e. The van der Waals surface area contributed by atoms with Gasteiger partial charge in [0.25, 0.3) is 5.91 Å². The number of fused-ring (bicyclic) bond motifs is 1. The first-order chi connectivity index (χ1) is 12.5. The molecule has 0 bridgehead atoms. The Morgan fingerprint density at radius 2 is 1.69 bits per heavy atom. The molecule has 0 N–H and O–H groups in total. The molecule has 1 aliphatic heterocycles. The number of hydrogen-bond donors (Lipinski definition) is 0. The lowest BCUT2D eigenvalue weighted by atomic mass is 10.0. The monoisotopic (exact) mass is 359 g/mol. The Hall–Kier alpha value is -2.57. The van der Waals surface area contributed by atoms with Crippen molar-refractivity contribution in [2.45, 2.75) is 26.7 Å².